The minimum Gasteiger partial charge on any atom is -0.480 e. The molecule has 1 aliphatic carbocycles. The second-order valence-corrected chi connectivity index (χ2v) is 3.63. The molecule has 1 N–H and O–H groups in total. The van der Waals surface area contributed by atoms with E-state index in [1.54, 1.807) is 0 Å². The lowest BCUT2D eigenvalue weighted by Gasteiger charge is -2.13. The van der Waals surface area contributed by atoms with Crippen molar-refractivity contribution in [3.8, 4) is 0 Å². The monoisotopic (exact) mass is 185 g/mol. The van der Waals surface area contributed by atoms with Crippen LogP contribution in [0.1, 0.15) is 25.7 Å². The van der Waals surface area contributed by atoms with Crippen molar-refractivity contribution in [1.82, 2.24) is 4.90 Å². The Morgan fingerprint density at radius 2 is 2.08 bits per heavy atom. The summed E-state index contributed by atoms with van der Waals surface area (Å²) in [7, 11) is 1.53. The number of carboxylic acid groups (broad SMARTS) is 1. The summed E-state index contributed by atoms with van der Waals surface area (Å²) in [4.78, 5) is 22.8. The fraction of sp³-hybridized carbons (Fsp3) is 0.778. The van der Waals surface area contributed by atoms with E-state index in [9.17, 15) is 9.59 Å². The molecule has 1 rings (SSSR count). The summed E-state index contributed by atoms with van der Waals surface area (Å²) in [6, 6.07) is 0. The number of carboxylic acids is 1. The van der Waals surface area contributed by atoms with Gasteiger partial charge in [-0.05, 0) is 12.3 Å². The van der Waals surface area contributed by atoms with Crippen LogP contribution in [0.5, 0.6) is 0 Å². The summed E-state index contributed by atoms with van der Waals surface area (Å²) in [6.45, 7) is -0.191. The van der Waals surface area contributed by atoms with Gasteiger partial charge in [-0.25, -0.2) is 0 Å². The maximum absolute atomic E-state index is 11.3. The van der Waals surface area contributed by atoms with E-state index in [1.165, 1.54) is 24.8 Å². The van der Waals surface area contributed by atoms with Crippen LogP contribution >= 0.6 is 0 Å². The van der Waals surface area contributed by atoms with E-state index in [2.05, 4.69) is 0 Å². The molecule has 1 aliphatic rings. The van der Waals surface area contributed by atoms with E-state index in [1.807, 2.05) is 0 Å². The largest absolute Gasteiger partial charge is 0.480 e. The van der Waals surface area contributed by atoms with Gasteiger partial charge in [0.05, 0.1) is 0 Å². The van der Waals surface area contributed by atoms with Crippen molar-refractivity contribution in [3.63, 3.8) is 0 Å². The zero-order valence-electron chi connectivity index (χ0n) is 7.82. The van der Waals surface area contributed by atoms with Crippen molar-refractivity contribution in [2.45, 2.75) is 25.7 Å². The van der Waals surface area contributed by atoms with E-state index in [0.717, 1.165) is 12.3 Å². The number of hydrogen-bond acceptors (Lipinski definition) is 2. The molecule has 0 heterocycles. The third-order valence-electron chi connectivity index (χ3n) is 2.26. The van der Waals surface area contributed by atoms with Gasteiger partial charge >= 0.3 is 5.97 Å². The van der Waals surface area contributed by atoms with Gasteiger partial charge in [-0.2, -0.15) is 0 Å². The average molecular weight is 185 g/mol. The predicted octanol–water partition coefficient (Wildman–Crippen LogP) is 0.720. The molecular weight excluding hydrogens is 170 g/mol. The lowest BCUT2D eigenvalue weighted by molar-refractivity contribution is -0.143. The maximum Gasteiger partial charge on any atom is 0.323 e. The molecule has 0 aromatic rings. The number of rotatable bonds is 5. The van der Waals surface area contributed by atoms with Gasteiger partial charge in [0.2, 0.25) is 5.91 Å². The van der Waals surface area contributed by atoms with Crippen molar-refractivity contribution in [2.75, 3.05) is 13.6 Å². The van der Waals surface area contributed by atoms with Crippen LogP contribution in [0.4, 0.5) is 0 Å². The molecular formula is C9H15NO3. The smallest absolute Gasteiger partial charge is 0.323 e. The lowest BCUT2D eigenvalue weighted by atomic mass is 10.2. The van der Waals surface area contributed by atoms with Crippen LogP contribution in [-0.2, 0) is 9.59 Å². The van der Waals surface area contributed by atoms with Crippen LogP contribution in [0.3, 0.4) is 0 Å². The van der Waals surface area contributed by atoms with Crippen LogP contribution < -0.4 is 0 Å². The van der Waals surface area contributed by atoms with E-state index < -0.39 is 5.97 Å². The first-order chi connectivity index (χ1) is 6.09. The lowest BCUT2D eigenvalue weighted by Crippen LogP contribution is -2.31. The summed E-state index contributed by atoms with van der Waals surface area (Å²) in [5.41, 5.74) is 0. The molecule has 0 aromatic carbocycles. The molecule has 0 spiro atoms. The summed E-state index contributed by atoms with van der Waals surface area (Å²) < 4.78 is 0. The molecule has 0 saturated heterocycles. The molecule has 0 aromatic heterocycles. The zero-order chi connectivity index (χ0) is 9.84. The molecule has 13 heavy (non-hydrogen) atoms. The SMILES string of the molecule is CN(CC(=O)O)C(=O)CCC1CC1. The number of nitrogens with zero attached hydrogens (tertiary/aromatic N) is 1. The number of carbonyl (C=O) groups excluding carboxylic acids is 1. The molecule has 0 atom stereocenters. The topological polar surface area (TPSA) is 57.6 Å². The zero-order valence-corrected chi connectivity index (χ0v) is 7.82. The van der Waals surface area contributed by atoms with Crippen molar-refractivity contribution in [2.24, 2.45) is 5.92 Å². The molecule has 0 radical (unpaired) electrons. The van der Waals surface area contributed by atoms with Gasteiger partial charge in [0.25, 0.3) is 0 Å². The van der Waals surface area contributed by atoms with Gasteiger partial charge in [0, 0.05) is 13.5 Å². The number of hydrogen-bond donors (Lipinski definition) is 1. The second-order valence-electron chi connectivity index (χ2n) is 3.63. The van der Waals surface area contributed by atoms with Gasteiger partial charge in [-0.15, -0.1) is 0 Å². The van der Waals surface area contributed by atoms with Crippen molar-refractivity contribution >= 4 is 11.9 Å². The fourth-order valence-electron chi connectivity index (χ4n) is 1.22. The molecule has 1 amide bonds. The average Bonchev–Trinajstić information content (AvgIpc) is 2.81. The Balaban J connectivity index is 2.16. The van der Waals surface area contributed by atoms with E-state index in [-0.39, 0.29) is 12.5 Å². The quantitative estimate of drug-likeness (QED) is 0.686. The summed E-state index contributed by atoms with van der Waals surface area (Å²) in [6.07, 6.45) is 3.88. The summed E-state index contributed by atoms with van der Waals surface area (Å²) >= 11 is 0. The molecule has 1 fully saturated rings. The Kier molecular flexibility index (Phi) is 3.28. The van der Waals surface area contributed by atoms with E-state index in [4.69, 9.17) is 5.11 Å². The number of aliphatic carboxylic acids is 1. The van der Waals surface area contributed by atoms with E-state index in [0.29, 0.717) is 6.42 Å². The Morgan fingerprint density at radius 3 is 2.54 bits per heavy atom. The molecule has 1 saturated carbocycles. The van der Waals surface area contributed by atoms with Crippen LogP contribution in [-0.4, -0.2) is 35.5 Å². The first-order valence-corrected chi connectivity index (χ1v) is 4.55. The van der Waals surface area contributed by atoms with Crippen LogP contribution in [0.25, 0.3) is 0 Å². The first-order valence-electron chi connectivity index (χ1n) is 4.55. The molecule has 74 valence electrons. The van der Waals surface area contributed by atoms with Gasteiger partial charge in [-0.1, -0.05) is 12.8 Å². The third kappa shape index (κ3) is 3.92. The highest BCUT2D eigenvalue weighted by Crippen LogP contribution is 2.33. The van der Waals surface area contributed by atoms with Crippen molar-refractivity contribution in [1.29, 1.82) is 0 Å². The van der Waals surface area contributed by atoms with Gasteiger partial charge in [0.15, 0.2) is 0 Å². The Hall–Kier alpha value is -1.06. The number of likely N-dealkylation sites (N-methyl/N-ethyl adjacent to an activating group) is 1. The molecule has 4 heteroatoms. The van der Waals surface area contributed by atoms with Crippen LogP contribution in [0.15, 0.2) is 0 Å². The van der Waals surface area contributed by atoms with Gasteiger partial charge < -0.3 is 10.0 Å². The van der Waals surface area contributed by atoms with E-state index >= 15 is 0 Å². The number of amides is 1. The summed E-state index contributed by atoms with van der Waals surface area (Å²) in [5.74, 6) is -0.293. The Bertz CT molecular complexity index is 211. The summed E-state index contributed by atoms with van der Waals surface area (Å²) in [5, 5.41) is 8.43. The van der Waals surface area contributed by atoms with Crippen LogP contribution in [0.2, 0.25) is 0 Å². The molecule has 4 nitrogen and oxygen atoms in total. The first kappa shape index (κ1) is 10.0. The standard InChI is InChI=1S/C9H15NO3/c1-10(6-9(12)13)8(11)5-4-7-2-3-7/h7H,2-6H2,1H3,(H,12,13). The minimum atomic E-state index is -0.956. The Labute approximate surface area is 77.5 Å². The molecule has 0 unspecified atom stereocenters. The normalized spacial score (nSPS) is 15.5. The highest BCUT2D eigenvalue weighted by Gasteiger charge is 2.23. The van der Waals surface area contributed by atoms with Crippen LogP contribution in [0, 0.1) is 5.92 Å². The van der Waals surface area contributed by atoms with Gasteiger partial charge in [-0.3, -0.25) is 9.59 Å². The highest BCUT2D eigenvalue weighted by atomic mass is 16.4. The molecule has 0 aliphatic heterocycles. The van der Waals surface area contributed by atoms with Gasteiger partial charge in [0.1, 0.15) is 6.54 Å². The van der Waals surface area contributed by atoms with Crippen molar-refractivity contribution < 1.29 is 14.7 Å². The second kappa shape index (κ2) is 4.25. The molecule has 0 bridgehead atoms. The fourth-order valence-corrected chi connectivity index (χ4v) is 1.22. The minimum absolute atomic E-state index is 0.0608. The Morgan fingerprint density at radius 1 is 1.46 bits per heavy atom. The number of carbonyl (C=O) groups is 2. The highest BCUT2D eigenvalue weighted by molar-refractivity contribution is 5.80. The van der Waals surface area contributed by atoms with Crippen molar-refractivity contribution in [3.05, 3.63) is 0 Å². The predicted molar refractivity (Wildman–Crippen MR) is 47.2 cm³/mol. The maximum atomic E-state index is 11.3. The third-order valence-corrected chi connectivity index (χ3v) is 2.26.